The van der Waals surface area contributed by atoms with Gasteiger partial charge < -0.3 is 15.2 Å². The van der Waals surface area contributed by atoms with E-state index in [2.05, 4.69) is 5.32 Å². The van der Waals surface area contributed by atoms with Crippen LogP contribution in [0.4, 0.5) is 13.2 Å². The minimum atomic E-state index is -4.96. The van der Waals surface area contributed by atoms with E-state index in [1.54, 1.807) is 32.0 Å². The number of hydrogen-bond acceptors (Lipinski definition) is 4. The van der Waals surface area contributed by atoms with E-state index >= 15 is 0 Å². The summed E-state index contributed by atoms with van der Waals surface area (Å²) in [5.41, 5.74) is -2.74. The molecule has 0 heterocycles. The molecule has 0 aliphatic carbocycles. The highest BCUT2D eigenvalue weighted by atomic mass is 19.4. The van der Waals surface area contributed by atoms with Gasteiger partial charge in [-0.1, -0.05) is 60.7 Å². The summed E-state index contributed by atoms with van der Waals surface area (Å²) < 4.78 is 46.5. The van der Waals surface area contributed by atoms with Crippen LogP contribution in [0.1, 0.15) is 37.4 Å². The van der Waals surface area contributed by atoms with E-state index in [1.807, 2.05) is 18.2 Å². The number of rotatable bonds is 8. The van der Waals surface area contributed by atoms with Crippen molar-refractivity contribution in [3.8, 4) is 0 Å². The molecule has 0 aliphatic heterocycles. The zero-order chi connectivity index (χ0) is 21.5. The van der Waals surface area contributed by atoms with Crippen molar-refractivity contribution in [1.29, 1.82) is 0 Å². The van der Waals surface area contributed by atoms with Gasteiger partial charge in [0, 0.05) is 24.2 Å². The van der Waals surface area contributed by atoms with Gasteiger partial charge in [-0.05, 0) is 25.0 Å². The third-order valence-electron chi connectivity index (χ3n) is 4.45. The van der Waals surface area contributed by atoms with Gasteiger partial charge in [-0.25, -0.2) is 4.79 Å². The third-order valence-corrected chi connectivity index (χ3v) is 4.45. The highest BCUT2D eigenvalue weighted by Gasteiger charge is 2.55. The molecular weight excluding hydrogens is 383 g/mol. The van der Waals surface area contributed by atoms with Gasteiger partial charge in [-0.15, -0.1) is 0 Å². The van der Waals surface area contributed by atoms with Crippen LogP contribution in [-0.2, 0) is 15.1 Å². The van der Waals surface area contributed by atoms with Gasteiger partial charge in [0.25, 0.3) is 0 Å². The molecule has 4 nitrogen and oxygen atoms in total. The molecule has 7 heteroatoms. The fourth-order valence-electron chi connectivity index (χ4n) is 2.93. The second-order valence-corrected chi connectivity index (χ2v) is 6.60. The number of hydrogen-bond donors (Lipinski definition) is 2. The molecule has 0 saturated heterocycles. The summed E-state index contributed by atoms with van der Waals surface area (Å²) in [6.07, 6.45) is -4.86. The number of halogens is 3. The summed E-state index contributed by atoms with van der Waals surface area (Å²) in [6.45, 7) is 3.43. The molecular formula is C22H24F3NO3. The summed E-state index contributed by atoms with van der Waals surface area (Å²) in [7, 11) is 0. The topological polar surface area (TPSA) is 58.6 Å². The summed E-state index contributed by atoms with van der Waals surface area (Å²) >= 11 is 0. The Morgan fingerprint density at radius 2 is 1.66 bits per heavy atom. The number of carbonyl (C=O) groups excluding carboxylic acids is 1. The molecule has 0 aromatic heterocycles. The van der Waals surface area contributed by atoms with Crippen LogP contribution >= 0.6 is 0 Å². The Bertz CT molecular complexity index is 822. The average molecular weight is 407 g/mol. The van der Waals surface area contributed by atoms with Gasteiger partial charge in [0.2, 0.25) is 0 Å². The maximum atomic E-state index is 13.9. The van der Waals surface area contributed by atoms with E-state index in [0.717, 1.165) is 11.6 Å². The molecule has 29 heavy (non-hydrogen) atoms. The van der Waals surface area contributed by atoms with E-state index in [9.17, 15) is 23.1 Å². The largest absolute Gasteiger partial charge is 0.463 e. The summed E-state index contributed by atoms with van der Waals surface area (Å²) in [6, 6.07) is 15.5. The molecule has 0 aliphatic rings. The lowest BCUT2D eigenvalue weighted by Crippen LogP contribution is -2.44. The first-order chi connectivity index (χ1) is 13.7. The maximum Gasteiger partial charge on any atom is 0.421 e. The molecule has 2 N–H and O–H groups in total. The van der Waals surface area contributed by atoms with Crippen molar-refractivity contribution in [3.63, 3.8) is 0 Å². The lowest BCUT2D eigenvalue weighted by Gasteiger charge is -2.33. The Labute approximate surface area is 168 Å². The van der Waals surface area contributed by atoms with Crippen LogP contribution in [-0.4, -0.2) is 23.9 Å². The van der Waals surface area contributed by atoms with Crippen LogP contribution < -0.4 is 5.32 Å². The van der Waals surface area contributed by atoms with Gasteiger partial charge >= 0.3 is 12.1 Å². The highest BCUT2D eigenvalue weighted by Crippen LogP contribution is 2.43. The molecule has 2 aromatic rings. The van der Waals surface area contributed by atoms with Crippen LogP contribution in [0.2, 0.25) is 0 Å². The van der Waals surface area contributed by atoms with Crippen molar-refractivity contribution >= 4 is 5.97 Å². The van der Waals surface area contributed by atoms with Crippen molar-refractivity contribution in [2.45, 2.75) is 38.1 Å². The molecule has 0 unspecified atom stereocenters. The lowest BCUT2D eigenvalue weighted by atomic mass is 9.88. The van der Waals surface area contributed by atoms with Crippen LogP contribution in [0, 0.1) is 0 Å². The van der Waals surface area contributed by atoms with Gasteiger partial charge in [0.05, 0.1) is 6.61 Å². The zero-order valence-corrected chi connectivity index (χ0v) is 16.2. The van der Waals surface area contributed by atoms with Crippen molar-refractivity contribution in [2.75, 3.05) is 6.61 Å². The number of carbonyl (C=O) groups is 1. The first-order valence-corrected chi connectivity index (χ1v) is 9.21. The molecule has 0 amide bonds. The van der Waals surface area contributed by atoms with Gasteiger partial charge in [0.15, 0.2) is 5.60 Å². The molecule has 0 spiro atoms. The number of esters is 1. The van der Waals surface area contributed by atoms with Crippen molar-refractivity contribution in [3.05, 3.63) is 83.6 Å². The minimum absolute atomic E-state index is 0.0801. The Morgan fingerprint density at radius 3 is 2.17 bits per heavy atom. The van der Waals surface area contributed by atoms with Gasteiger partial charge in [-0.2, -0.15) is 13.2 Å². The predicted octanol–water partition coefficient (Wildman–Crippen LogP) is 4.62. The van der Waals surface area contributed by atoms with Crippen molar-refractivity contribution in [2.24, 2.45) is 0 Å². The summed E-state index contributed by atoms with van der Waals surface area (Å²) in [4.78, 5) is 11.9. The Balaban J connectivity index is 2.40. The fraction of sp³-hybridized carbons (Fsp3) is 0.318. The lowest BCUT2D eigenvalue weighted by molar-refractivity contribution is -0.266. The Hall–Kier alpha value is -2.80. The monoisotopic (exact) mass is 407 g/mol. The molecule has 2 aromatic carbocycles. The minimum Gasteiger partial charge on any atom is -0.463 e. The molecule has 156 valence electrons. The van der Waals surface area contributed by atoms with Crippen molar-refractivity contribution in [1.82, 2.24) is 5.32 Å². The standard InChI is InChI=1S/C22H24F3NO3/c1-3-29-20(27)14-19(26-16(2)17-10-6-4-7-11-17)15-21(28,22(23,24)25)18-12-8-5-9-13-18/h4-14,16,26,28H,3,15H2,1-2H3/t16-,21-/m1/s1. The molecule has 2 rings (SSSR count). The second-order valence-electron chi connectivity index (χ2n) is 6.60. The average Bonchev–Trinajstić information content (AvgIpc) is 2.68. The van der Waals surface area contributed by atoms with Crippen molar-refractivity contribution < 1.29 is 27.8 Å². The Morgan fingerprint density at radius 1 is 1.10 bits per heavy atom. The van der Waals surface area contributed by atoms with E-state index in [0.29, 0.717) is 0 Å². The Kier molecular flexibility index (Phi) is 7.45. The SMILES string of the molecule is CCOC(=O)C=C(C[C@@](O)(c1ccccc1)C(F)(F)F)N[C@H](C)c1ccccc1. The van der Waals surface area contributed by atoms with Crippen LogP contribution in [0.3, 0.4) is 0 Å². The van der Waals surface area contributed by atoms with Gasteiger partial charge in [-0.3, -0.25) is 0 Å². The van der Waals surface area contributed by atoms with Crippen LogP contribution in [0.15, 0.2) is 72.4 Å². The zero-order valence-electron chi connectivity index (χ0n) is 16.2. The van der Waals surface area contributed by atoms with Crippen LogP contribution in [0.25, 0.3) is 0 Å². The number of alkyl halides is 3. The first kappa shape index (κ1) is 22.5. The number of benzene rings is 2. The van der Waals surface area contributed by atoms with E-state index in [1.165, 1.54) is 24.3 Å². The molecule has 2 atom stereocenters. The highest BCUT2D eigenvalue weighted by molar-refractivity contribution is 5.82. The summed E-state index contributed by atoms with van der Waals surface area (Å²) in [5, 5.41) is 13.6. The smallest absolute Gasteiger partial charge is 0.421 e. The number of ether oxygens (including phenoxy) is 1. The summed E-state index contributed by atoms with van der Waals surface area (Å²) in [5.74, 6) is -0.784. The first-order valence-electron chi connectivity index (χ1n) is 9.21. The fourth-order valence-corrected chi connectivity index (χ4v) is 2.93. The second kappa shape index (κ2) is 9.60. The van der Waals surface area contributed by atoms with Gasteiger partial charge in [0.1, 0.15) is 0 Å². The van der Waals surface area contributed by atoms with E-state index in [4.69, 9.17) is 4.74 Å². The predicted molar refractivity (Wildman–Crippen MR) is 104 cm³/mol. The third kappa shape index (κ3) is 5.84. The quantitative estimate of drug-likeness (QED) is 0.495. The molecule has 0 bridgehead atoms. The normalized spacial score (nSPS) is 15.3. The molecule has 0 saturated carbocycles. The number of nitrogens with one attached hydrogen (secondary N) is 1. The van der Waals surface area contributed by atoms with E-state index < -0.39 is 30.2 Å². The molecule has 0 fully saturated rings. The number of aliphatic hydroxyl groups is 1. The van der Waals surface area contributed by atoms with E-state index in [-0.39, 0.29) is 17.9 Å². The van der Waals surface area contributed by atoms with Crippen LogP contribution in [0.5, 0.6) is 0 Å². The molecule has 0 radical (unpaired) electrons. The maximum absolute atomic E-state index is 13.9.